The van der Waals surface area contributed by atoms with Gasteiger partial charge in [0.15, 0.2) is 0 Å². The minimum absolute atomic E-state index is 0.225. The Labute approximate surface area is 108 Å². The molecule has 90 valence electrons. The van der Waals surface area contributed by atoms with E-state index in [0.29, 0.717) is 17.3 Å². The SMILES string of the molecule is Cc1ccc(-c2nc(-c3ccsc3)no2)cc1O. The summed E-state index contributed by atoms with van der Waals surface area (Å²) in [6, 6.07) is 7.23. The van der Waals surface area contributed by atoms with Gasteiger partial charge in [-0.15, -0.1) is 0 Å². The van der Waals surface area contributed by atoms with Gasteiger partial charge in [-0.1, -0.05) is 11.2 Å². The summed E-state index contributed by atoms with van der Waals surface area (Å²) < 4.78 is 5.20. The van der Waals surface area contributed by atoms with E-state index in [1.807, 2.05) is 35.9 Å². The summed E-state index contributed by atoms with van der Waals surface area (Å²) in [5.74, 6) is 1.19. The zero-order valence-electron chi connectivity index (χ0n) is 9.62. The Bertz CT molecular complexity index is 674. The average Bonchev–Trinajstić information content (AvgIpc) is 3.01. The lowest BCUT2D eigenvalue weighted by molar-refractivity contribution is 0.431. The number of rotatable bonds is 2. The van der Waals surface area contributed by atoms with Gasteiger partial charge in [-0.25, -0.2) is 0 Å². The molecule has 3 aromatic rings. The second-order valence-corrected chi connectivity index (χ2v) is 4.72. The van der Waals surface area contributed by atoms with Crippen LogP contribution < -0.4 is 0 Å². The smallest absolute Gasteiger partial charge is 0.258 e. The molecule has 0 saturated heterocycles. The number of thiophene rings is 1. The largest absolute Gasteiger partial charge is 0.508 e. The van der Waals surface area contributed by atoms with Crippen LogP contribution in [0, 0.1) is 6.92 Å². The Hall–Kier alpha value is -2.14. The molecule has 0 atom stereocenters. The van der Waals surface area contributed by atoms with Gasteiger partial charge in [-0.3, -0.25) is 0 Å². The maximum absolute atomic E-state index is 9.66. The summed E-state index contributed by atoms with van der Waals surface area (Å²) in [5.41, 5.74) is 2.47. The quantitative estimate of drug-likeness (QED) is 0.764. The maximum Gasteiger partial charge on any atom is 0.258 e. The number of phenols is 1. The normalized spacial score (nSPS) is 10.7. The van der Waals surface area contributed by atoms with Gasteiger partial charge in [-0.05, 0) is 36.1 Å². The molecule has 1 N–H and O–H groups in total. The van der Waals surface area contributed by atoms with Crippen LogP contribution in [0.4, 0.5) is 0 Å². The van der Waals surface area contributed by atoms with Crippen LogP contribution in [0.3, 0.4) is 0 Å². The number of hydrogen-bond acceptors (Lipinski definition) is 5. The summed E-state index contributed by atoms with van der Waals surface area (Å²) in [4.78, 5) is 4.31. The van der Waals surface area contributed by atoms with Crippen LogP contribution in [0.2, 0.25) is 0 Å². The number of phenolic OH excluding ortho intramolecular Hbond substituents is 1. The van der Waals surface area contributed by atoms with E-state index in [1.54, 1.807) is 17.4 Å². The van der Waals surface area contributed by atoms with Gasteiger partial charge < -0.3 is 9.63 Å². The molecule has 0 aliphatic carbocycles. The van der Waals surface area contributed by atoms with Crippen molar-refractivity contribution >= 4 is 11.3 Å². The molecule has 0 bridgehead atoms. The van der Waals surface area contributed by atoms with Gasteiger partial charge in [0.05, 0.1) is 0 Å². The first-order chi connectivity index (χ1) is 8.74. The lowest BCUT2D eigenvalue weighted by Crippen LogP contribution is -1.81. The summed E-state index contributed by atoms with van der Waals surface area (Å²) in [6.07, 6.45) is 0. The number of benzene rings is 1. The summed E-state index contributed by atoms with van der Waals surface area (Å²) >= 11 is 1.58. The molecule has 4 nitrogen and oxygen atoms in total. The molecule has 1 aromatic carbocycles. The van der Waals surface area contributed by atoms with Gasteiger partial charge >= 0.3 is 0 Å². The van der Waals surface area contributed by atoms with E-state index in [0.717, 1.165) is 11.1 Å². The summed E-state index contributed by atoms with van der Waals surface area (Å²) in [7, 11) is 0. The highest BCUT2D eigenvalue weighted by Crippen LogP contribution is 2.27. The molecule has 0 amide bonds. The van der Waals surface area contributed by atoms with Crippen LogP contribution in [-0.2, 0) is 0 Å². The molecule has 0 fully saturated rings. The Morgan fingerprint density at radius 1 is 1.22 bits per heavy atom. The maximum atomic E-state index is 9.66. The molecule has 0 aliphatic rings. The van der Waals surface area contributed by atoms with E-state index in [9.17, 15) is 5.11 Å². The van der Waals surface area contributed by atoms with Gasteiger partial charge in [-0.2, -0.15) is 16.3 Å². The molecule has 5 heteroatoms. The van der Waals surface area contributed by atoms with Crippen molar-refractivity contribution in [3.8, 4) is 28.6 Å². The van der Waals surface area contributed by atoms with Crippen LogP contribution >= 0.6 is 11.3 Å². The molecular weight excluding hydrogens is 248 g/mol. The fourth-order valence-corrected chi connectivity index (χ4v) is 2.23. The van der Waals surface area contributed by atoms with E-state index in [2.05, 4.69) is 10.1 Å². The highest BCUT2D eigenvalue weighted by Gasteiger charge is 2.11. The molecular formula is C13H10N2O2S. The molecule has 0 aliphatic heterocycles. The van der Waals surface area contributed by atoms with Gasteiger partial charge in [0.25, 0.3) is 5.89 Å². The number of aromatic nitrogens is 2. The van der Waals surface area contributed by atoms with Crippen molar-refractivity contribution in [3.63, 3.8) is 0 Å². The zero-order valence-corrected chi connectivity index (χ0v) is 10.4. The predicted octanol–water partition coefficient (Wildman–Crippen LogP) is 3.48. The molecule has 18 heavy (non-hydrogen) atoms. The lowest BCUT2D eigenvalue weighted by Gasteiger charge is -1.99. The highest BCUT2D eigenvalue weighted by molar-refractivity contribution is 7.08. The Kier molecular flexibility index (Phi) is 2.60. The highest BCUT2D eigenvalue weighted by atomic mass is 32.1. The molecule has 0 spiro atoms. The third kappa shape index (κ3) is 1.89. The number of hydrogen-bond donors (Lipinski definition) is 1. The van der Waals surface area contributed by atoms with Gasteiger partial charge in [0.2, 0.25) is 5.82 Å². The Morgan fingerprint density at radius 3 is 2.83 bits per heavy atom. The van der Waals surface area contributed by atoms with Crippen LogP contribution in [0.15, 0.2) is 39.5 Å². The zero-order chi connectivity index (χ0) is 12.5. The van der Waals surface area contributed by atoms with Gasteiger partial charge in [0.1, 0.15) is 5.75 Å². The standard InChI is InChI=1S/C13H10N2O2S/c1-8-2-3-9(6-11(8)16)13-14-12(15-17-13)10-4-5-18-7-10/h2-7,16H,1H3. The van der Waals surface area contributed by atoms with Crippen molar-refractivity contribution in [1.82, 2.24) is 10.1 Å². The van der Waals surface area contributed by atoms with Gasteiger partial charge in [0, 0.05) is 16.5 Å². The number of aromatic hydroxyl groups is 1. The van der Waals surface area contributed by atoms with E-state index >= 15 is 0 Å². The van der Waals surface area contributed by atoms with E-state index < -0.39 is 0 Å². The first-order valence-corrected chi connectivity index (χ1v) is 6.34. The molecule has 0 saturated carbocycles. The van der Waals surface area contributed by atoms with E-state index in [1.165, 1.54) is 0 Å². The monoisotopic (exact) mass is 258 g/mol. The number of aryl methyl sites for hydroxylation is 1. The van der Waals surface area contributed by atoms with Crippen molar-refractivity contribution < 1.29 is 9.63 Å². The Balaban J connectivity index is 2.00. The predicted molar refractivity (Wildman–Crippen MR) is 69.4 cm³/mol. The molecule has 2 aromatic heterocycles. The second kappa shape index (κ2) is 4.27. The third-order valence-electron chi connectivity index (χ3n) is 2.66. The topological polar surface area (TPSA) is 59.2 Å². The fourth-order valence-electron chi connectivity index (χ4n) is 1.59. The first-order valence-electron chi connectivity index (χ1n) is 5.40. The van der Waals surface area contributed by atoms with Crippen LogP contribution in [0.25, 0.3) is 22.8 Å². The minimum atomic E-state index is 0.225. The van der Waals surface area contributed by atoms with Crippen molar-refractivity contribution in [2.75, 3.05) is 0 Å². The van der Waals surface area contributed by atoms with E-state index in [-0.39, 0.29) is 5.75 Å². The minimum Gasteiger partial charge on any atom is -0.508 e. The molecule has 3 rings (SSSR count). The third-order valence-corrected chi connectivity index (χ3v) is 3.34. The van der Waals surface area contributed by atoms with Crippen molar-refractivity contribution in [2.45, 2.75) is 6.92 Å². The second-order valence-electron chi connectivity index (χ2n) is 3.94. The van der Waals surface area contributed by atoms with E-state index in [4.69, 9.17) is 4.52 Å². The molecule has 0 radical (unpaired) electrons. The van der Waals surface area contributed by atoms with Crippen molar-refractivity contribution in [3.05, 3.63) is 40.6 Å². The molecule has 0 unspecified atom stereocenters. The Morgan fingerprint density at radius 2 is 2.11 bits per heavy atom. The lowest BCUT2D eigenvalue weighted by atomic mass is 10.1. The van der Waals surface area contributed by atoms with Crippen LogP contribution in [0.5, 0.6) is 5.75 Å². The van der Waals surface area contributed by atoms with Crippen LogP contribution in [0.1, 0.15) is 5.56 Å². The average molecular weight is 258 g/mol. The van der Waals surface area contributed by atoms with Crippen LogP contribution in [-0.4, -0.2) is 15.2 Å². The summed E-state index contributed by atoms with van der Waals surface area (Å²) in [6.45, 7) is 1.84. The van der Waals surface area contributed by atoms with Crippen molar-refractivity contribution in [2.24, 2.45) is 0 Å². The fraction of sp³-hybridized carbons (Fsp3) is 0.0769. The summed E-state index contributed by atoms with van der Waals surface area (Å²) in [5, 5.41) is 17.5. The van der Waals surface area contributed by atoms with Crippen molar-refractivity contribution in [1.29, 1.82) is 0 Å². The first kappa shape index (κ1) is 11.0. The number of nitrogens with zero attached hydrogens (tertiary/aromatic N) is 2. The molecule has 2 heterocycles.